The van der Waals surface area contributed by atoms with Crippen LogP contribution in [0.2, 0.25) is 0 Å². The molecule has 3 aromatic rings. The molecule has 0 saturated heterocycles. The standard InChI is InChI=1S/C18H14N6O2/c19-13-7-1-2-8-14(13)20-21-15-9-3-4-10-16(15)22-23-17-11-5-6-12-18(17)24(25)26/h1-12H,19H2. The van der Waals surface area contributed by atoms with Gasteiger partial charge in [0.1, 0.15) is 17.1 Å². The molecule has 2 N–H and O–H groups in total. The highest BCUT2D eigenvalue weighted by Gasteiger charge is 2.11. The molecule has 0 unspecified atom stereocenters. The topological polar surface area (TPSA) is 119 Å². The number of anilines is 1. The highest BCUT2D eigenvalue weighted by atomic mass is 16.6. The Morgan fingerprint density at radius 2 is 1.08 bits per heavy atom. The van der Waals surface area contributed by atoms with Crippen LogP contribution in [0.25, 0.3) is 0 Å². The molecule has 128 valence electrons. The van der Waals surface area contributed by atoms with Gasteiger partial charge in [0.15, 0.2) is 5.69 Å². The van der Waals surface area contributed by atoms with Crippen LogP contribution in [0.4, 0.5) is 34.1 Å². The first-order valence-electron chi connectivity index (χ1n) is 7.65. The van der Waals surface area contributed by atoms with Crippen LogP contribution in [0.1, 0.15) is 0 Å². The predicted molar refractivity (Wildman–Crippen MR) is 98.7 cm³/mol. The first kappa shape index (κ1) is 16.9. The lowest BCUT2D eigenvalue weighted by Gasteiger charge is -2.00. The van der Waals surface area contributed by atoms with Crippen molar-refractivity contribution in [1.82, 2.24) is 0 Å². The van der Waals surface area contributed by atoms with E-state index in [1.165, 1.54) is 12.1 Å². The van der Waals surface area contributed by atoms with Gasteiger partial charge in [-0.25, -0.2) is 0 Å². The number of nitrogens with zero attached hydrogens (tertiary/aromatic N) is 5. The quantitative estimate of drug-likeness (QED) is 0.264. The van der Waals surface area contributed by atoms with E-state index in [9.17, 15) is 10.1 Å². The van der Waals surface area contributed by atoms with E-state index in [0.29, 0.717) is 22.7 Å². The number of nitrogen functional groups attached to an aromatic ring is 1. The average molecular weight is 346 g/mol. The molecule has 0 saturated carbocycles. The fourth-order valence-corrected chi connectivity index (χ4v) is 2.13. The van der Waals surface area contributed by atoms with Gasteiger partial charge in [0.25, 0.3) is 5.69 Å². The zero-order valence-electron chi connectivity index (χ0n) is 13.6. The van der Waals surface area contributed by atoms with Crippen molar-refractivity contribution in [1.29, 1.82) is 0 Å². The van der Waals surface area contributed by atoms with E-state index in [2.05, 4.69) is 20.5 Å². The van der Waals surface area contributed by atoms with Crippen molar-refractivity contribution in [3.63, 3.8) is 0 Å². The normalized spacial score (nSPS) is 11.2. The zero-order valence-corrected chi connectivity index (χ0v) is 13.6. The average Bonchev–Trinajstić information content (AvgIpc) is 2.66. The maximum absolute atomic E-state index is 11.0. The number of nitro groups is 1. The summed E-state index contributed by atoms with van der Waals surface area (Å²) in [5.74, 6) is 0. The molecule has 0 radical (unpaired) electrons. The lowest BCUT2D eigenvalue weighted by molar-refractivity contribution is -0.384. The summed E-state index contributed by atoms with van der Waals surface area (Å²) in [6.45, 7) is 0. The smallest absolute Gasteiger partial charge is 0.296 e. The van der Waals surface area contributed by atoms with Crippen LogP contribution in [-0.2, 0) is 0 Å². The molecule has 0 aliphatic rings. The number of hydrogen-bond acceptors (Lipinski definition) is 7. The van der Waals surface area contributed by atoms with Crippen molar-refractivity contribution < 1.29 is 4.92 Å². The van der Waals surface area contributed by atoms with Crippen LogP contribution in [0, 0.1) is 10.1 Å². The monoisotopic (exact) mass is 346 g/mol. The summed E-state index contributed by atoms with van der Waals surface area (Å²) in [4.78, 5) is 10.5. The van der Waals surface area contributed by atoms with Crippen molar-refractivity contribution in [3.8, 4) is 0 Å². The lowest BCUT2D eigenvalue weighted by Crippen LogP contribution is -1.86. The fraction of sp³-hybridized carbons (Fsp3) is 0. The van der Waals surface area contributed by atoms with Crippen LogP contribution in [-0.4, -0.2) is 4.92 Å². The molecule has 8 heteroatoms. The second-order valence-electron chi connectivity index (χ2n) is 5.19. The zero-order chi connectivity index (χ0) is 18.4. The number of azo groups is 2. The van der Waals surface area contributed by atoms with Gasteiger partial charge in [-0.1, -0.05) is 36.4 Å². The summed E-state index contributed by atoms with van der Waals surface area (Å²) < 4.78 is 0. The summed E-state index contributed by atoms with van der Waals surface area (Å²) in [5, 5.41) is 27.4. The van der Waals surface area contributed by atoms with Crippen molar-refractivity contribution >= 4 is 34.1 Å². The highest BCUT2D eigenvalue weighted by molar-refractivity contribution is 5.64. The molecule has 0 aliphatic carbocycles. The largest absolute Gasteiger partial charge is 0.397 e. The van der Waals surface area contributed by atoms with E-state index >= 15 is 0 Å². The molecule has 0 bridgehead atoms. The molecule has 8 nitrogen and oxygen atoms in total. The Kier molecular flexibility index (Phi) is 5.04. The second-order valence-corrected chi connectivity index (χ2v) is 5.19. The third kappa shape index (κ3) is 3.93. The van der Waals surface area contributed by atoms with E-state index in [4.69, 9.17) is 5.73 Å². The van der Waals surface area contributed by atoms with E-state index < -0.39 is 4.92 Å². The molecular formula is C18H14N6O2. The highest BCUT2D eigenvalue weighted by Crippen LogP contribution is 2.33. The van der Waals surface area contributed by atoms with Crippen LogP contribution in [0.5, 0.6) is 0 Å². The molecule has 0 aromatic heterocycles. The van der Waals surface area contributed by atoms with Gasteiger partial charge in [-0.05, 0) is 30.3 Å². The van der Waals surface area contributed by atoms with Crippen LogP contribution >= 0.6 is 0 Å². The number of nitrogens with two attached hydrogens (primary N) is 1. The Morgan fingerprint density at radius 1 is 0.654 bits per heavy atom. The minimum atomic E-state index is -0.502. The Labute approximate surface area is 148 Å². The molecule has 0 heterocycles. The van der Waals surface area contributed by atoms with Crippen molar-refractivity contribution in [2.45, 2.75) is 0 Å². The van der Waals surface area contributed by atoms with Gasteiger partial charge in [-0.3, -0.25) is 10.1 Å². The summed E-state index contributed by atoms with van der Waals surface area (Å²) in [5.41, 5.74) is 7.84. The van der Waals surface area contributed by atoms with Gasteiger partial charge in [0.05, 0.1) is 10.6 Å². The first-order chi connectivity index (χ1) is 12.6. The first-order valence-corrected chi connectivity index (χ1v) is 7.65. The number of benzene rings is 3. The summed E-state index contributed by atoms with van der Waals surface area (Å²) in [7, 11) is 0. The molecule has 0 spiro atoms. The predicted octanol–water partition coefficient (Wildman–Crippen LogP) is 6.01. The van der Waals surface area contributed by atoms with Crippen LogP contribution in [0.15, 0.2) is 93.3 Å². The summed E-state index contributed by atoms with van der Waals surface area (Å²) >= 11 is 0. The molecule has 3 aromatic carbocycles. The summed E-state index contributed by atoms with van der Waals surface area (Å²) in [6, 6.07) is 20.2. The van der Waals surface area contributed by atoms with Crippen LogP contribution in [0.3, 0.4) is 0 Å². The summed E-state index contributed by atoms with van der Waals surface area (Å²) in [6.07, 6.45) is 0. The molecule has 0 atom stereocenters. The molecular weight excluding hydrogens is 332 g/mol. The SMILES string of the molecule is Nc1ccccc1N=Nc1ccccc1N=Nc1ccccc1[N+](=O)[O-]. The van der Waals surface area contributed by atoms with Crippen LogP contribution < -0.4 is 5.73 Å². The number of rotatable bonds is 5. The molecule has 0 fully saturated rings. The maximum Gasteiger partial charge on any atom is 0.296 e. The van der Waals surface area contributed by atoms with Gasteiger partial charge < -0.3 is 5.73 Å². The minimum absolute atomic E-state index is 0.118. The van der Waals surface area contributed by atoms with Crippen molar-refractivity contribution in [2.24, 2.45) is 20.5 Å². The lowest BCUT2D eigenvalue weighted by atomic mass is 10.3. The van der Waals surface area contributed by atoms with E-state index in [-0.39, 0.29) is 11.4 Å². The second kappa shape index (κ2) is 7.75. The van der Waals surface area contributed by atoms with E-state index in [0.717, 1.165) is 0 Å². The van der Waals surface area contributed by atoms with Gasteiger partial charge in [0, 0.05) is 6.07 Å². The number of hydrogen-bond donors (Lipinski definition) is 1. The fourth-order valence-electron chi connectivity index (χ4n) is 2.13. The van der Waals surface area contributed by atoms with Gasteiger partial charge in [0.2, 0.25) is 0 Å². The van der Waals surface area contributed by atoms with Gasteiger partial charge >= 0.3 is 0 Å². The number of nitro benzene ring substituents is 1. The Balaban J connectivity index is 1.91. The molecule has 3 rings (SSSR count). The Morgan fingerprint density at radius 3 is 1.65 bits per heavy atom. The van der Waals surface area contributed by atoms with E-state index in [1.807, 2.05) is 12.1 Å². The van der Waals surface area contributed by atoms with Gasteiger partial charge in [-0.15, -0.1) is 20.5 Å². The van der Waals surface area contributed by atoms with Crippen molar-refractivity contribution in [2.75, 3.05) is 5.73 Å². The molecule has 0 aliphatic heterocycles. The maximum atomic E-state index is 11.0. The minimum Gasteiger partial charge on any atom is -0.397 e. The Hall–Kier alpha value is -3.94. The van der Waals surface area contributed by atoms with Gasteiger partial charge in [-0.2, -0.15) is 0 Å². The van der Waals surface area contributed by atoms with Crippen molar-refractivity contribution in [3.05, 3.63) is 82.9 Å². The van der Waals surface area contributed by atoms with E-state index in [1.54, 1.807) is 48.5 Å². The molecule has 0 amide bonds. The third-order valence-electron chi connectivity index (χ3n) is 3.43. The molecule has 26 heavy (non-hydrogen) atoms. The Bertz CT molecular complexity index is 1000. The number of para-hydroxylation sites is 2. The third-order valence-corrected chi connectivity index (χ3v) is 3.43.